The van der Waals surface area contributed by atoms with Crippen LogP contribution in [0.1, 0.15) is 17.5 Å². The summed E-state index contributed by atoms with van der Waals surface area (Å²) in [5.41, 5.74) is 0.306. The molecule has 0 bridgehead atoms. The van der Waals surface area contributed by atoms with Gasteiger partial charge < -0.3 is 5.32 Å². The van der Waals surface area contributed by atoms with Crippen molar-refractivity contribution in [3.05, 3.63) is 68.2 Å². The van der Waals surface area contributed by atoms with Crippen molar-refractivity contribution in [2.45, 2.75) is 25.3 Å². The van der Waals surface area contributed by atoms with E-state index in [1.807, 2.05) is 18.2 Å². The van der Waals surface area contributed by atoms with Crippen LogP contribution in [0.5, 0.6) is 0 Å². The van der Waals surface area contributed by atoms with Crippen molar-refractivity contribution >= 4 is 6.03 Å². The molecule has 22 heavy (non-hydrogen) atoms. The molecule has 114 valence electrons. The fourth-order valence-electron chi connectivity index (χ4n) is 2.66. The molecular weight excluding hydrogens is 289 g/mol. The number of hydrogen-bond donors (Lipinski definition) is 2. The largest absolute Gasteiger partial charge is 0.336 e. The number of hydrogen-bond acceptors (Lipinski definition) is 3. The Kier molecular flexibility index (Phi) is 3.62. The summed E-state index contributed by atoms with van der Waals surface area (Å²) in [4.78, 5) is 36.3. The van der Waals surface area contributed by atoms with Crippen LogP contribution in [0, 0.1) is 5.82 Å². The highest BCUT2D eigenvalue weighted by atomic mass is 19.1. The van der Waals surface area contributed by atoms with Gasteiger partial charge in [-0.15, -0.1) is 0 Å². The van der Waals surface area contributed by atoms with Crippen LogP contribution < -0.4 is 16.6 Å². The lowest BCUT2D eigenvalue weighted by molar-refractivity contribution is 0.235. The fraction of sp³-hybridized carbons (Fsp3) is 0.267. The molecule has 1 aromatic heterocycles. The number of carbonyl (C=O) groups is 1. The Morgan fingerprint density at radius 3 is 2.77 bits per heavy atom. The van der Waals surface area contributed by atoms with E-state index in [-0.39, 0.29) is 6.04 Å². The summed E-state index contributed by atoms with van der Waals surface area (Å²) in [5.74, 6) is -1.18. The third-order valence-corrected chi connectivity index (χ3v) is 3.79. The maximum atomic E-state index is 13.2. The van der Waals surface area contributed by atoms with Crippen LogP contribution in [0.4, 0.5) is 9.18 Å². The maximum absolute atomic E-state index is 13.2. The van der Waals surface area contributed by atoms with E-state index in [0.717, 1.165) is 18.4 Å². The van der Waals surface area contributed by atoms with Crippen molar-refractivity contribution in [2.24, 2.45) is 0 Å². The molecule has 0 spiro atoms. The Morgan fingerprint density at radius 2 is 2.00 bits per heavy atom. The molecule has 7 heteroatoms. The average Bonchev–Trinajstić information content (AvgIpc) is 2.50. The van der Waals surface area contributed by atoms with Crippen molar-refractivity contribution in [2.75, 3.05) is 0 Å². The van der Waals surface area contributed by atoms with E-state index < -0.39 is 23.1 Å². The van der Waals surface area contributed by atoms with E-state index >= 15 is 0 Å². The zero-order valence-corrected chi connectivity index (χ0v) is 11.6. The molecule has 1 aliphatic rings. The van der Waals surface area contributed by atoms with Gasteiger partial charge in [0, 0.05) is 6.04 Å². The van der Waals surface area contributed by atoms with Crippen LogP contribution >= 0.6 is 0 Å². The lowest BCUT2D eigenvalue weighted by Gasteiger charge is -2.25. The molecule has 0 fully saturated rings. The number of aryl methyl sites for hydroxylation is 1. The molecule has 2 N–H and O–H groups in total. The first-order chi connectivity index (χ1) is 10.5. The minimum Gasteiger partial charge on any atom is -0.334 e. The van der Waals surface area contributed by atoms with Gasteiger partial charge in [-0.2, -0.15) is 4.39 Å². The van der Waals surface area contributed by atoms with E-state index in [1.54, 1.807) is 4.98 Å². The zero-order chi connectivity index (χ0) is 15.7. The molecule has 3 rings (SSSR count). The Labute approximate surface area is 124 Å². The van der Waals surface area contributed by atoms with Gasteiger partial charge in [-0.1, -0.05) is 24.3 Å². The first kappa shape index (κ1) is 14.2. The predicted octanol–water partition coefficient (Wildman–Crippen LogP) is 0.791. The number of amides is 1. The molecule has 1 aliphatic carbocycles. The van der Waals surface area contributed by atoms with Crippen molar-refractivity contribution in [3.8, 4) is 0 Å². The van der Waals surface area contributed by atoms with Gasteiger partial charge in [-0.25, -0.2) is 14.2 Å². The second-order valence-electron chi connectivity index (χ2n) is 5.26. The van der Waals surface area contributed by atoms with Crippen LogP contribution in [0.25, 0.3) is 0 Å². The molecule has 0 saturated heterocycles. The number of benzene rings is 1. The number of H-pyrrole nitrogens is 1. The Morgan fingerprint density at radius 1 is 1.27 bits per heavy atom. The average molecular weight is 303 g/mol. The van der Waals surface area contributed by atoms with Crippen molar-refractivity contribution in [1.29, 1.82) is 0 Å². The SMILES string of the molecule is O=C(NC1CCc2ccccc2C1)n1cc(F)c(=O)[nH]c1=O. The van der Waals surface area contributed by atoms with Gasteiger partial charge in [-0.3, -0.25) is 9.78 Å². The normalized spacial score (nSPS) is 16.9. The van der Waals surface area contributed by atoms with Gasteiger partial charge in [0.25, 0.3) is 5.56 Å². The molecule has 1 atom stereocenters. The first-order valence-electron chi connectivity index (χ1n) is 6.94. The molecule has 6 nitrogen and oxygen atoms in total. The summed E-state index contributed by atoms with van der Waals surface area (Å²) >= 11 is 0. The molecule has 0 saturated carbocycles. The number of carbonyl (C=O) groups excluding carboxylic acids is 1. The minimum atomic E-state index is -1.18. The standard InChI is InChI=1S/C15H14FN3O3/c16-12-8-19(15(22)18-13(12)20)14(21)17-11-6-5-9-3-1-2-4-10(9)7-11/h1-4,8,11H,5-7H2,(H,17,21)(H,18,20,22). The maximum Gasteiger partial charge on any atom is 0.336 e. The molecule has 1 amide bonds. The van der Waals surface area contributed by atoms with E-state index in [1.165, 1.54) is 5.56 Å². The van der Waals surface area contributed by atoms with Gasteiger partial charge in [0.2, 0.25) is 5.82 Å². The Hall–Kier alpha value is -2.70. The van der Waals surface area contributed by atoms with Gasteiger partial charge in [0.15, 0.2) is 0 Å². The fourth-order valence-corrected chi connectivity index (χ4v) is 2.66. The lowest BCUT2D eigenvalue weighted by Crippen LogP contribution is -2.46. The summed E-state index contributed by atoms with van der Waals surface area (Å²) in [7, 11) is 0. The van der Waals surface area contributed by atoms with Crippen molar-refractivity contribution in [1.82, 2.24) is 14.9 Å². The van der Waals surface area contributed by atoms with Crippen LogP contribution in [0.2, 0.25) is 0 Å². The van der Waals surface area contributed by atoms with Gasteiger partial charge in [0.05, 0.1) is 6.20 Å². The zero-order valence-electron chi connectivity index (χ0n) is 11.6. The smallest absolute Gasteiger partial charge is 0.334 e. The summed E-state index contributed by atoms with van der Waals surface area (Å²) in [5, 5.41) is 2.70. The molecule has 2 aromatic rings. The summed E-state index contributed by atoms with van der Waals surface area (Å²) in [6.07, 6.45) is 2.83. The number of aromatic amines is 1. The highest BCUT2D eigenvalue weighted by molar-refractivity contribution is 5.76. The van der Waals surface area contributed by atoms with E-state index in [4.69, 9.17) is 0 Å². The second-order valence-corrected chi connectivity index (χ2v) is 5.26. The number of nitrogens with one attached hydrogen (secondary N) is 2. The van der Waals surface area contributed by atoms with Crippen LogP contribution in [0.3, 0.4) is 0 Å². The van der Waals surface area contributed by atoms with Gasteiger partial charge in [0.1, 0.15) is 0 Å². The van der Waals surface area contributed by atoms with E-state index in [0.29, 0.717) is 17.2 Å². The number of halogens is 1. The highest BCUT2D eigenvalue weighted by Crippen LogP contribution is 2.20. The number of rotatable bonds is 1. The summed E-state index contributed by atoms with van der Waals surface area (Å²) in [6.45, 7) is 0. The third kappa shape index (κ3) is 2.69. The Bertz CT molecular complexity index is 840. The quantitative estimate of drug-likeness (QED) is 0.817. The topological polar surface area (TPSA) is 84.0 Å². The van der Waals surface area contributed by atoms with Crippen molar-refractivity contribution in [3.63, 3.8) is 0 Å². The monoisotopic (exact) mass is 303 g/mol. The highest BCUT2D eigenvalue weighted by Gasteiger charge is 2.21. The molecule has 1 aromatic carbocycles. The molecule has 0 radical (unpaired) electrons. The van der Waals surface area contributed by atoms with Crippen molar-refractivity contribution < 1.29 is 9.18 Å². The molecule has 1 heterocycles. The minimum absolute atomic E-state index is 0.135. The summed E-state index contributed by atoms with van der Waals surface area (Å²) < 4.78 is 13.8. The lowest BCUT2D eigenvalue weighted by atomic mass is 9.88. The first-order valence-corrected chi connectivity index (χ1v) is 6.94. The summed E-state index contributed by atoms with van der Waals surface area (Å²) in [6, 6.07) is 7.08. The Balaban J connectivity index is 1.77. The van der Waals surface area contributed by atoms with Gasteiger partial charge in [-0.05, 0) is 30.4 Å². The second kappa shape index (κ2) is 5.59. The number of nitrogens with zero attached hydrogens (tertiary/aromatic N) is 1. The number of fused-ring (bicyclic) bond motifs is 1. The van der Waals surface area contributed by atoms with Gasteiger partial charge >= 0.3 is 11.7 Å². The van der Waals surface area contributed by atoms with Crippen LogP contribution in [-0.4, -0.2) is 21.6 Å². The molecule has 0 aliphatic heterocycles. The van der Waals surface area contributed by atoms with Crippen LogP contribution in [-0.2, 0) is 12.8 Å². The van der Waals surface area contributed by atoms with E-state index in [2.05, 4.69) is 11.4 Å². The number of aromatic nitrogens is 2. The molecule has 1 unspecified atom stereocenters. The predicted molar refractivity (Wildman–Crippen MR) is 77.5 cm³/mol. The third-order valence-electron chi connectivity index (χ3n) is 3.79. The van der Waals surface area contributed by atoms with Crippen LogP contribution in [0.15, 0.2) is 40.1 Å². The van der Waals surface area contributed by atoms with E-state index in [9.17, 15) is 18.8 Å². The molecular formula is C15H14FN3O3.